The van der Waals surface area contributed by atoms with Crippen LogP contribution in [0.5, 0.6) is 0 Å². The van der Waals surface area contributed by atoms with Gasteiger partial charge in [0.2, 0.25) is 0 Å². The molecule has 0 aromatic rings. The minimum Gasteiger partial charge on any atom is -0.327 e. The van der Waals surface area contributed by atoms with E-state index in [0.29, 0.717) is 17.4 Å². The average molecular weight is 185 g/mol. The number of rotatable bonds is 6. The topological polar surface area (TPSA) is 26.0 Å². The van der Waals surface area contributed by atoms with E-state index in [4.69, 9.17) is 5.73 Å². The minimum absolute atomic E-state index is 0.367. The van der Waals surface area contributed by atoms with Gasteiger partial charge in [-0.1, -0.05) is 47.5 Å². The van der Waals surface area contributed by atoms with Crippen LogP contribution < -0.4 is 5.73 Å². The highest BCUT2D eigenvalue weighted by Gasteiger charge is 2.28. The zero-order valence-electron chi connectivity index (χ0n) is 10.1. The maximum Gasteiger partial charge on any atom is 0.00669 e. The highest BCUT2D eigenvalue weighted by molar-refractivity contribution is 4.81. The lowest BCUT2D eigenvalue weighted by atomic mass is 9.72. The molecule has 0 heterocycles. The predicted octanol–water partition coefficient (Wildman–Crippen LogP) is 3.58. The Bertz CT molecular complexity index is 129. The SMILES string of the molecule is CCCCC(C)(C)C(C)C(N)CC. The fourth-order valence-corrected chi connectivity index (χ4v) is 1.79. The maximum atomic E-state index is 6.07. The van der Waals surface area contributed by atoms with Crippen LogP contribution in [0.3, 0.4) is 0 Å². The van der Waals surface area contributed by atoms with Crippen molar-refractivity contribution >= 4 is 0 Å². The Labute approximate surface area is 84.1 Å². The Hall–Kier alpha value is -0.0400. The molecule has 1 heteroatoms. The molecule has 0 amide bonds. The first kappa shape index (κ1) is 13.0. The van der Waals surface area contributed by atoms with Crippen molar-refractivity contribution in [2.45, 2.75) is 66.3 Å². The molecular weight excluding hydrogens is 158 g/mol. The summed E-state index contributed by atoms with van der Waals surface area (Å²) in [6, 6.07) is 0.367. The summed E-state index contributed by atoms with van der Waals surface area (Å²) in [5.41, 5.74) is 6.48. The maximum absolute atomic E-state index is 6.07. The molecule has 0 rings (SSSR count). The van der Waals surface area contributed by atoms with Crippen molar-refractivity contribution in [3.63, 3.8) is 0 Å². The van der Waals surface area contributed by atoms with Crippen LogP contribution in [-0.2, 0) is 0 Å². The molecule has 0 saturated carbocycles. The second-order valence-electron chi connectivity index (χ2n) is 4.95. The second-order valence-corrected chi connectivity index (χ2v) is 4.95. The van der Waals surface area contributed by atoms with Gasteiger partial charge in [0.1, 0.15) is 0 Å². The third-order valence-corrected chi connectivity index (χ3v) is 3.52. The summed E-state index contributed by atoms with van der Waals surface area (Å²) >= 11 is 0. The van der Waals surface area contributed by atoms with Crippen molar-refractivity contribution in [3.8, 4) is 0 Å². The quantitative estimate of drug-likeness (QED) is 0.672. The molecule has 0 radical (unpaired) electrons. The van der Waals surface area contributed by atoms with Crippen LogP contribution in [0.4, 0.5) is 0 Å². The lowest BCUT2D eigenvalue weighted by Crippen LogP contribution is -2.37. The largest absolute Gasteiger partial charge is 0.327 e. The van der Waals surface area contributed by atoms with E-state index < -0.39 is 0 Å². The van der Waals surface area contributed by atoms with E-state index in [2.05, 4.69) is 34.6 Å². The van der Waals surface area contributed by atoms with Gasteiger partial charge in [-0.2, -0.15) is 0 Å². The van der Waals surface area contributed by atoms with Gasteiger partial charge in [-0.05, 0) is 24.2 Å². The third kappa shape index (κ3) is 4.12. The van der Waals surface area contributed by atoms with Crippen molar-refractivity contribution in [2.75, 3.05) is 0 Å². The third-order valence-electron chi connectivity index (χ3n) is 3.52. The molecule has 1 nitrogen and oxygen atoms in total. The summed E-state index contributed by atoms with van der Waals surface area (Å²) in [6.07, 6.45) is 5.01. The summed E-state index contributed by atoms with van der Waals surface area (Å²) < 4.78 is 0. The van der Waals surface area contributed by atoms with Gasteiger partial charge in [0.25, 0.3) is 0 Å². The molecular formula is C12H27N. The molecule has 0 bridgehead atoms. The van der Waals surface area contributed by atoms with Crippen molar-refractivity contribution in [1.29, 1.82) is 0 Å². The number of unbranched alkanes of at least 4 members (excludes halogenated alkanes) is 1. The summed E-state index contributed by atoms with van der Waals surface area (Å²) in [4.78, 5) is 0. The van der Waals surface area contributed by atoms with E-state index in [0.717, 1.165) is 6.42 Å². The molecule has 0 aliphatic carbocycles. The van der Waals surface area contributed by atoms with Crippen molar-refractivity contribution in [3.05, 3.63) is 0 Å². The minimum atomic E-state index is 0.367. The first-order valence-corrected chi connectivity index (χ1v) is 5.71. The molecule has 13 heavy (non-hydrogen) atoms. The Morgan fingerprint density at radius 3 is 2.15 bits per heavy atom. The first-order chi connectivity index (χ1) is 5.95. The lowest BCUT2D eigenvalue weighted by molar-refractivity contribution is 0.173. The molecule has 80 valence electrons. The summed E-state index contributed by atoms with van der Waals surface area (Å²) in [5.74, 6) is 0.629. The molecule has 0 saturated heterocycles. The highest BCUT2D eigenvalue weighted by atomic mass is 14.7. The molecule has 0 aliphatic heterocycles. The van der Waals surface area contributed by atoms with Gasteiger partial charge in [0, 0.05) is 6.04 Å². The van der Waals surface area contributed by atoms with Gasteiger partial charge in [-0.25, -0.2) is 0 Å². The van der Waals surface area contributed by atoms with Crippen LogP contribution in [0.2, 0.25) is 0 Å². The van der Waals surface area contributed by atoms with Crippen molar-refractivity contribution in [1.82, 2.24) is 0 Å². The van der Waals surface area contributed by atoms with Crippen molar-refractivity contribution in [2.24, 2.45) is 17.1 Å². The van der Waals surface area contributed by atoms with Crippen LogP contribution in [-0.4, -0.2) is 6.04 Å². The second kappa shape index (κ2) is 5.64. The van der Waals surface area contributed by atoms with E-state index in [1.54, 1.807) is 0 Å². The number of hydrogen-bond donors (Lipinski definition) is 1. The smallest absolute Gasteiger partial charge is 0.00669 e. The van der Waals surface area contributed by atoms with Gasteiger partial charge in [0.15, 0.2) is 0 Å². The number of hydrogen-bond acceptors (Lipinski definition) is 1. The standard InChI is InChI=1S/C12H27N/c1-6-8-9-12(4,5)10(3)11(13)7-2/h10-11H,6-9,13H2,1-5H3. The van der Waals surface area contributed by atoms with Crippen LogP contribution >= 0.6 is 0 Å². The zero-order chi connectivity index (χ0) is 10.5. The molecule has 0 spiro atoms. The van der Waals surface area contributed by atoms with Gasteiger partial charge < -0.3 is 5.73 Å². The predicted molar refractivity (Wildman–Crippen MR) is 60.7 cm³/mol. The molecule has 0 aliphatic rings. The fraction of sp³-hybridized carbons (Fsp3) is 1.00. The zero-order valence-corrected chi connectivity index (χ0v) is 10.1. The highest BCUT2D eigenvalue weighted by Crippen LogP contribution is 2.34. The Kier molecular flexibility index (Phi) is 5.62. The van der Waals surface area contributed by atoms with Crippen LogP contribution in [0.1, 0.15) is 60.3 Å². The van der Waals surface area contributed by atoms with E-state index in [-0.39, 0.29) is 0 Å². The monoisotopic (exact) mass is 185 g/mol. The molecule has 2 atom stereocenters. The molecule has 2 unspecified atom stereocenters. The van der Waals surface area contributed by atoms with E-state index >= 15 is 0 Å². The van der Waals surface area contributed by atoms with Crippen LogP contribution in [0.25, 0.3) is 0 Å². The van der Waals surface area contributed by atoms with Crippen LogP contribution in [0.15, 0.2) is 0 Å². The summed E-state index contributed by atoms with van der Waals surface area (Å²) in [7, 11) is 0. The summed E-state index contributed by atoms with van der Waals surface area (Å²) in [5, 5.41) is 0. The Balaban J connectivity index is 4.09. The van der Waals surface area contributed by atoms with Gasteiger partial charge >= 0.3 is 0 Å². The Morgan fingerprint density at radius 2 is 1.77 bits per heavy atom. The normalized spacial score (nSPS) is 17.1. The van der Waals surface area contributed by atoms with E-state index in [1.807, 2.05) is 0 Å². The average Bonchev–Trinajstić information content (AvgIpc) is 2.12. The molecule has 0 aromatic carbocycles. The van der Waals surface area contributed by atoms with E-state index in [1.165, 1.54) is 19.3 Å². The van der Waals surface area contributed by atoms with Crippen molar-refractivity contribution < 1.29 is 0 Å². The first-order valence-electron chi connectivity index (χ1n) is 5.71. The fourth-order valence-electron chi connectivity index (χ4n) is 1.79. The van der Waals surface area contributed by atoms with Crippen LogP contribution in [0, 0.1) is 11.3 Å². The molecule has 0 aromatic heterocycles. The lowest BCUT2D eigenvalue weighted by Gasteiger charge is -2.35. The molecule has 2 N–H and O–H groups in total. The summed E-state index contributed by atoms with van der Waals surface area (Å²) in [6.45, 7) is 11.4. The number of nitrogens with two attached hydrogens (primary N) is 1. The van der Waals surface area contributed by atoms with Gasteiger partial charge in [-0.3, -0.25) is 0 Å². The Morgan fingerprint density at radius 1 is 1.23 bits per heavy atom. The van der Waals surface area contributed by atoms with Gasteiger partial charge in [0.05, 0.1) is 0 Å². The van der Waals surface area contributed by atoms with E-state index in [9.17, 15) is 0 Å². The molecule has 0 fully saturated rings. The van der Waals surface area contributed by atoms with Gasteiger partial charge in [-0.15, -0.1) is 0 Å².